The van der Waals surface area contributed by atoms with Crippen molar-refractivity contribution in [1.82, 2.24) is 0 Å². The lowest BCUT2D eigenvalue weighted by Crippen LogP contribution is -1.85. The second-order valence-corrected chi connectivity index (χ2v) is 2.09. The average Bonchev–Trinajstić information content (AvgIpc) is 2.19. The third kappa shape index (κ3) is 1.21. The van der Waals surface area contributed by atoms with Gasteiger partial charge < -0.3 is 4.89 Å². The van der Waals surface area contributed by atoms with Gasteiger partial charge in [-0.1, -0.05) is 0 Å². The van der Waals surface area contributed by atoms with E-state index in [4.69, 9.17) is 0 Å². The van der Waals surface area contributed by atoms with Crippen LogP contribution in [0, 0.1) is 0 Å². The molecule has 0 aliphatic heterocycles. The van der Waals surface area contributed by atoms with Crippen LogP contribution in [0.1, 0.15) is 0 Å². The maximum atomic E-state index is 4.66. The SMILES string of the molecule is COOc1cccs1. The summed E-state index contributed by atoms with van der Waals surface area (Å²) in [6, 6.07) is 3.74. The van der Waals surface area contributed by atoms with Crippen LogP contribution >= 0.6 is 11.3 Å². The molecular formula is C5H6O2S. The molecule has 2 nitrogen and oxygen atoms in total. The first-order valence-corrected chi connectivity index (χ1v) is 3.05. The van der Waals surface area contributed by atoms with Gasteiger partial charge in [-0.2, -0.15) is 4.89 Å². The van der Waals surface area contributed by atoms with Crippen molar-refractivity contribution in [3.05, 3.63) is 17.5 Å². The average molecular weight is 130 g/mol. The van der Waals surface area contributed by atoms with E-state index in [2.05, 4.69) is 9.78 Å². The third-order valence-corrected chi connectivity index (χ3v) is 1.39. The largest absolute Gasteiger partial charge is 0.327 e. The van der Waals surface area contributed by atoms with Crippen molar-refractivity contribution in [2.24, 2.45) is 0 Å². The third-order valence-electron chi connectivity index (χ3n) is 0.661. The summed E-state index contributed by atoms with van der Waals surface area (Å²) in [7, 11) is 1.49. The van der Waals surface area contributed by atoms with Crippen molar-refractivity contribution in [3.63, 3.8) is 0 Å². The number of rotatable bonds is 2. The second kappa shape index (κ2) is 2.69. The van der Waals surface area contributed by atoms with Gasteiger partial charge in [0.05, 0.1) is 7.11 Å². The summed E-state index contributed by atoms with van der Waals surface area (Å²) in [5.41, 5.74) is 0. The summed E-state index contributed by atoms with van der Waals surface area (Å²) in [6.07, 6.45) is 0. The smallest absolute Gasteiger partial charge is 0.218 e. The normalized spacial score (nSPS) is 9.12. The predicted octanol–water partition coefficient (Wildman–Crippen LogP) is 1.69. The van der Waals surface area contributed by atoms with E-state index in [1.54, 1.807) is 0 Å². The molecule has 0 unspecified atom stereocenters. The van der Waals surface area contributed by atoms with Gasteiger partial charge in [0.2, 0.25) is 5.06 Å². The number of hydrogen-bond acceptors (Lipinski definition) is 3. The van der Waals surface area contributed by atoms with E-state index in [0.717, 1.165) is 5.06 Å². The Hall–Kier alpha value is -0.540. The molecule has 0 amide bonds. The quantitative estimate of drug-likeness (QED) is 0.448. The molecule has 0 saturated heterocycles. The van der Waals surface area contributed by atoms with Crippen LogP contribution in [0.5, 0.6) is 5.06 Å². The molecule has 0 N–H and O–H groups in total. The maximum absolute atomic E-state index is 4.66. The van der Waals surface area contributed by atoms with E-state index in [1.807, 2.05) is 17.5 Å². The van der Waals surface area contributed by atoms with Gasteiger partial charge >= 0.3 is 0 Å². The molecule has 1 heterocycles. The van der Waals surface area contributed by atoms with E-state index >= 15 is 0 Å². The molecule has 44 valence electrons. The molecule has 8 heavy (non-hydrogen) atoms. The summed E-state index contributed by atoms with van der Waals surface area (Å²) in [6.45, 7) is 0. The van der Waals surface area contributed by atoms with Crippen LogP contribution < -0.4 is 4.89 Å². The first-order valence-electron chi connectivity index (χ1n) is 2.17. The van der Waals surface area contributed by atoms with Crippen LogP contribution in [0.25, 0.3) is 0 Å². The topological polar surface area (TPSA) is 18.5 Å². The summed E-state index contributed by atoms with van der Waals surface area (Å²) < 4.78 is 0. The van der Waals surface area contributed by atoms with Crippen molar-refractivity contribution >= 4 is 11.3 Å². The Bertz CT molecular complexity index is 136. The Kier molecular flexibility index (Phi) is 1.88. The van der Waals surface area contributed by atoms with Gasteiger partial charge in [0, 0.05) is 0 Å². The van der Waals surface area contributed by atoms with Crippen molar-refractivity contribution in [2.75, 3.05) is 7.11 Å². The Morgan fingerprint density at radius 3 is 3.00 bits per heavy atom. The van der Waals surface area contributed by atoms with E-state index in [-0.39, 0.29) is 0 Å². The molecule has 1 aromatic rings. The fourth-order valence-corrected chi connectivity index (χ4v) is 0.949. The highest BCUT2D eigenvalue weighted by molar-refractivity contribution is 7.11. The lowest BCUT2D eigenvalue weighted by atomic mass is 10.7. The molecule has 0 aliphatic rings. The summed E-state index contributed by atoms with van der Waals surface area (Å²) in [5, 5.41) is 2.71. The highest BCUT2D eigenvalue weighted by Crippen LogP contribution is 2.17. The zero-order valence-electron chi connectivity index (χ0n) is 4.46. The van der Waals surface area contributed by atoms with Crippen molar-refractivity contribution in [1.29, 1.82) is 0 Å². The second-order valence-electron chi connectivity index (χ2n) is 1.18. The lowest BCUT2D eigenvalue weighted by Gasteiger charge is -1.91. The van der Waals surface area contributed by atoms with Gasteiger partial charge in [-0.25, -0.2) is 0 Å². The number of hydrogen-bond donors (Lipinski definition) is 0. The van der Waals surface area contributed by atoms with E-state index in [1.165, 1.54) is 18.4 Å². The first-order chi connectivity index (χ1) is 3.93. The van der Waals surface area contributed by atoms with Gasteiger partial charge in [0.25, 0.3) is 0 Å². The van der Waals surface area contributed by atoms with Crippen LogP contribution in [-0.2, 0) is 4.89 Å². The molecule has 0 radical (unpaired) electrons. The minimum absolute atomic E-state index is 0.785. The summed E-state index contributed by atoms with van der Waals surface area (Å²) >= 11 is 1.50. The highest BCUT2D eigenvalue weighted by Gasteiger charge is 1.88. The lowest BCUT2D eigenvalue weighted by molar-refractivity contribution is -0.174. The maximum Gasteiger partial charge on any atom is 0.218 e. The van der Waals surface area contributed by atoms with Gasteiger partial charge in [-0.3, -0.25) is 0 Å². The number of thiophene rings is 1. The Morgan fingerprint density at radius 1 is 1.62 bits per heavy atom. The Balaban J connectivity index is 2.50. The summed E-state index contributed by atoms with van der Waals surface area (Å²) in [4.78, 5) is 9.06. The van der Waals surface area contributed by atoms with E-state index in [9.17, 15) is 0 Å². The molecule has 3 heteroatoms. The zero-order valence-corrected chi connectivity index (χ0v) is 5.27. The van der Waals surface area contributed by atoms with Crippen LogP contribution in [0.15, 0.2) is 17.5 Å². The fraction of sp³-hybridized carbons (Fsp3) is 0.200. The van der Waals surface area contributed by atoms with Crippen LogP contribution in [0.4, 0.5) is 0 Å². The van der Waals surface area contributed by atoms with Gasteiger partial charge in [-0.15, -0.1) is 11.3 Å². The van der Waals surface area contributed by atoms with Gasteiger partial charge in [0.1, 0.15) is 0 Å². The molecule has 0 atom stereocenters. The zero-order chi connectivity index (χ0) is 5.82. The molecule has 0 aliphatic carbocycles. The molecule has 0 spiro atoms. The first kappa shape index (κ1) is 5.59. The van der Waals surface area contributed by atoms with Crippen LogP contribution in [0.3, 0.4) is 0 Å². The fourth-order valence-electron chi connectivity index (χ4n) is 0.393. The van der Waals surface area contributed by atoms with Crippen molar-refractivity contribution in [3.8, 4) is 5.06 Å². The van der Waals surface area contributed by atoms with E-state index in [0.29, 0.717) is 0 Å². The molecule has 1 rings (SSSR count). The monoisotopic (exact) mass is 130 g/mol. The minimum Gasteiger partial charge on any atom is -0.327 e. The van der Waals surface area contributed by atoms with Crippen molar-refractivity contribution < 1.29 is 9.78 Å². The van der Waals surface area contributed by atoms with Gasteiger partial charge in [-0.05, 0) is 17.5 Å². The molecule has 0 saturated carbocycles. The summed E-state index contributed by atoms with van der Waals surface area (Å²) in [5.74, 6) is 0. The Labute approximate surface area is 51.6 Å². The molecule has 0 aromatic carbocycles. The van der Waals surface area contributed by atoms with E-state index < -0.39 is 0 Å². The highest BCUT2D eigenvalue weighted by atomic mass is 32.1. The molecular weight excluding hydrogens is 124 g/mol. The van der Waals surface area contributed by atoms with Crippen LogP contribution in [-0.4, -0.2) is 7.11 Å². The van der Waals surface area contributed by atoms with Crippen molar-refractivity contribution in [2.45, 2.75) is 0 Å². The predicted molar refractivity (Wildman–Crippen MR) is 32.0 cm³/mol. The molecule has 0 fully saturated rings. The van der Waals surface area contributed by atoms with Gasteiger partial charge in [0.15, 0.2) is 0 Å². The molecule has 0 bridgehead atoms. The van der Waals surface area contributed by atoms with Crippen LogP contribution in [0.2, 0.25) is 0 Å². The Morgan fingerprint density at radius 2 is 2.50 bits per heavy atom. The molecule has 1 aromatic heterocycles. The standard InChI is InChI=1S/C5H6O2S/c1-6-7-5-3-2-4-8-5/h2-4H,1H3. The minimum atomic E-state index is 0.785.